The van der Waals surface area contributed by atoms with Crippen LogP contribution in [0, 0.1) is 0 Å². The van der Waals surface area contributed by atoms with Gasteiger partial charge in [0.25, 0.3) is 0 Å². The van der Waals surface area contributed by atoms with Crippen LogP contribution in [-0.2, 0) is 4.79 Å². The van der Waals surface area contributed by atoms with Gasteiger partial charge in [-0.05, 0) is 6.92 Å². The molecule has 0 heterocycles. The zero-order valence-electron chi connectivity index (χ0n) is 7.16. The number of carbonyl (C=O) groups excluding carboxylic acids is 1. The number of hydrogen-bond donors (Lipinski definition) is 5. The molecule has 0 amide bonds. The number of hydrogen-bond acceptors (Lipinski definition) is 6. The van der Waals surface area contributed by atoms with Gasteiger partial charge in [0, 0.05) is 0 Å². The topological polar surface area (TPSA) is 118 Å². The summed E-state index contributed by atoms with van der Waals surface area (Å²) in [5.41, 5.74) is 0. The molecular formula is C7H14O6. The highest BCUT2D eigenvalue weighted by atomic mass is 16.4. The predicted molar refractivity (Wildman–Crippen MR) is 41.8 cm³/mol. The maximum Gasteiger partial charge on any atom is 0.160 e. The molecule has 6 heteroatoms. The van der Waals surface area contributed by atoms with Crippen molar-refractivity contribution in [3.8, 4) is 0 Å². The molecule has 0 spiro atoms. The first-order valence-electron chi connectivity index (χ1n) is 3.75. The summed E-state index contributed by atoms with van der Waals surface area (Å²) in [4.78, 5) is 10.5. The number of Topliss-reactive ketones (excluding diaryl/α,β-unsaturated/α-hetero) is 1. The number of carbonyl (C=O) groups is 1. The van der Waals surface area contributed by atoms with E-state index < -0.39 is 36.8 Å². The van der Waals surface area contributed by atoms with Crippen LogP contribution in [0.15, 0.2) is 0 Å². The molecule has 0 aromatic rings. The van der Waals surface area contributed by atoms with Crippen LogP contribution in [0.2, 0.25) is 0 Å². The molecule has 0 rings (SSSR count). The normalized spacial score (nSPS) is 20.5. The molecule has 0 aliphatic heterocycles. The molecular weight excluding hydrogens is 180 g/mol. The minimum atomic E-state index is -1.79. The maximum absolute atomic E-state index is 10.5. The van der Waals surface area contributed by atoms with Crippen LogP contribution in [0.5, 0.6) is 0 Å². The van der Waals surface area contributed by atoms with Gasteiger partial charge in [-0.3, -0.25) is 4.79 Å². The van der Waals surface area contributed by atoms with Crippen molar-refractivity contribution < 1.29 is 30.3 Å². The summed E-state index contributed by atoms with van der Waals surface area (Å²) in [5, 5.41) is 44.3. The van der Waals surface area contributed by atoms with Crippen molar-refractivity contribution in [2.75, 3.05) is 6.61 Å². The van der Waals surface area contributed by atoms with Crippen molar-refractivity contribution in [1.82, 2.24) is 0 Å². The summed E-state index contributed by atoms with van der Waals surface area (Å²) in [6.07, 6.45) is -6.87. The Kier molecular flexibility index (Phi) is 5.04. The zero-order chi connectivity index (χ0) is 10.6. The Bertz CT molecular complexity index is 170. The molecule has 0 aromatic carbocycles. The molecule has 0 saturated heterocycles. The lowest BCUT2D eigenvalue weighted by Crippen LogP contribution is -2.48. The minimum Gasteiger partial charge on any atom is -0.394 e. The first-order valence-corrected chi connectivity index (χ1v) is 3.75. The average Bonchev–Trinajstić information content (AvgIpc) is 2.12. The molecule has 0 fully saturated rings. The van der Waals surface area contributed by atoms with Crippen LogP contribution in [0.1, 0.15) is 6.92 Å². The van der Waals surface area contributed by atoms with Gasteiger partial charge >= 0.3 is 0 Å². The Labute approximate surface area is 75.1 Å². The van der Waals surface area contributed by atoms with Gasteiger partial charge in [-0.15, -0.1) is 0 Å². The second-order valence-corrected chi connectivity index (χ2v) is 2.79. The lowest BCUT2D eigenvalue weighted by Gasteiger charge is -2.23. The molecule has 0 saturated carbocycles. The van der Waals surface area contributed by atoms with Crippen molar-refractivity contribution in [1.29, 1.82) is 0 Å². The number of aliphatic hydroxyl groups excluding tert-OH is 5. The molecule has 0 radical (unpaired) electrons. The summed E-state index contributed by atoms with van der Waals surface area (Å²) in [6.45, 7) is 0.273. The first kappa shape index (κ1) is 12.5. The molecule has 6 nitrogen and oxygen atoms in total. The molecule has 13 heavy (non-hydrogen) atoms. The number of ketones is 1. The smallest absolute Gasteiger partial charge is 0.160 e. The van der Waals surface area contributed by atoms with E-state index in [1.165, 1.54) is 0 Å². The summed E-state index contributed by atoms with van der Waals surface area (Å²) in [5.74, 6) is -0.725. The summed E-state index contributed by atoms with van der Waals surface area (Å²) in [7, 11) is 0. The third-order valence-electron chi connectivity index (χ3n) is 1.67. The lowest BCUT2D eigenvalue weighted by atomic mass is 10.0. The quantitative estimate of drug-likeness (QED) is 0.318. The second kappa shape index (κ2) is 5.25. The van der Waals surface area contributed by atoms with Gasteiger partial charge in [0.2, 0.25) is 0 Å². The standard InChI is InChI=1S/C7H14O6/c1-3(9)5(11)7(13)6(12)4(10)2-8/h4-8,10-13H,2H2,1H3/t4-,5+,6-,7+/m1/s1. The molecule has 5 N–H and O–H groups in total. The van der Waals surface area contributed by atoms with Crippen molar-refractivity contribution in [2.45, 2.75) is 31.3 Å². The monoisotopic (exact) mass is 194 g/mol. The number of rotatable bonds is 5. The third-order valence-corrected chi connectivity index (χ3v) is 1.67. The van der Waals surface area contributed by atoms with Crippen LogP contribution < -0.4 is 0 Å². The Hall–Kier alpha value is -0.530. The van der Waals surface area contributed by atoms with E-state index in [4.69, 9.17) is 25.5 Å². The fourth-order valence-corrected chi connectivity index (χ4v) is 0.763. The Morgan fingerprint density at radius 3 is 1.92 bits per heavy atom. The molecule has 0 aromatic heterocycles. The Morgan fingerprint density at radius 1 is 1.15 bits per heavy atom. The largest absolute Gasteiger partial charge is 0.394 e. The van der Waals surface area contributed by atoms with Crippen molar-refractivity contribution >= 4 is 5.78 Å². The van der Waals surface area contributed by atoms with E-state index in [1.54, 1.807) is 0 Å². The first-order chi connectivity index (χ1) is 5.91. The van der Waals surface area contributed by atoms with Gasteiger partial charge in [0.15, 0.2) is 5.78 Å². The van der Waals surface area contributed by atoms with Gasteiger partial charge in [-0.2, -0.15) is 0 Å². The van der Waals surface area contributed by atoms with Crippen molar-refractivity contribution in [3.63, 3.8) is 0 Å². The highest BCUT2D eigenvalue weighted by Gasteiger charge is 2.32. The van der Waals surface area contributed by atoms with Crippen molar-refractivity contribution in [2.24, 2.45) is 0 Å². The zero-order valence-corrected chi connectivity index (χ0v) is 7.16. The molecule has 0 unspecified atom stereocenters. The van der Waals surface area contributed by atoms with E-state index in [-0.39, 0.29) is 0 Å². The predicted octanol–water partition coefficient (Wildman–Crippen LogP) is -2.99. The van der Waals surface area contributed by atoms with Crippen LogP contribution in [-0.4, -0.2) is 62.3 Å². The highest BCUT2D eigenvalue weighted by Crippen LogP contribution is 2.05. The number of aliphatic hydroxyl groups is 5. The van der Waals surface area contributed by atoms with E-state index in [9.17, 15) is 4.79 Å². The lowest BCUT2D eigenvalue weighted by molar-refractivity contribution is -0.145. The average molecular weight is 194 g/mol. The summed E-state index contributed by atoms with van der Waals surface area (Å²) in [6, 6.07) is 0. The van der Waals surface area contributed by atoms with Gasteiger partial charge < -0.3 is 25.5 Å². The fraction of sp³-hybridized carbons (Fsp3) is 0.857. The molecule has 78 valence electrons. The van der Waals surface area contributed by atoms with E-state index in [0.717, 1.165) is 6.92 Å². The molecule has 4 atom stereocenters. The molecule has 0 bridgehead atoms. The van der Waals surface area contributed by atoms with E-state index in [2.05, 4.69) is 0 Å². The van der Waals surface area contributed by atoms with Crippen LogP contribution in [0.4, 0.5) is 0 Å². The Balaban J connectivity index is 4.24. The van der Waals surface area contributed by atoms with Crippen LogP contribution in [0.25, 0.3) is 0 Å². The van der Waals surface area contributed by atoms with Crippen LogP contribution in [0.3, 0.4) is 0 Å². The van der Waals surface area contributed by atoms with Gasteiger partial charge in [-0.1, -0.05) is 0 Å². The minimum absolute atomic E-state index is 0.725. The highest BCUT2D eigenvalue weighted by molar-refractivity contribution is 5.80. The molecule has 0 aliphatic rings. The van der Waals surface area contributed by atoms with Gasteiger partial charge in [-0.25, -0.2) is 0 Å². The SMILES string of the molecule is CC(=O)[C@H](O)[C@H](O)[C@H](O)[C@H](O)CO. The Morgan fingerprint density at radius 2 is 1.62 bits per heavy atom. The fourth-order valence-electron chi connectivity index (χ4n) is 0.763. The second-order valence-electron chi connectivity index (χ2n) is 2.79. The van der Waals surface area contributed by atoms with Crippen molar-refractivity contribution in [3.05, 3.63) is 0 Å². The molecule has 0 aliphatic carbocycles. The van der Waals surface area contributed by atoms with E-state index in [1.807, 2.05) is 0 Å². The van der Waals surface area contributed by atoms with Gasteiger partial charge in [0.1, 0.15) is 24.4 Å². The van der Waals surface area contributed by atoms with Crippen LogP contribution >= 0.6 is 0 Å². The third kappa shape index (κ3) is 3.37. The van der Waals surface area contributed by atoms with E-state index >= 15 is 0 Å². The summed E-state index contributed by atoms with van der Waals surface area (Å²) < 4.78 is 0. The van der Waals surface area contributed by atoms with Gasteiger partial charge in [0.05, 0.1) is 6.61 Å². The summed E-state index contributed by atoms with van der Waals surface area (Å²) >= 11 is 0. The van der Waals surface area contributed by atoms with E-state index in [0.29, 0.717) is 0 Å². The maximum atomic E-state index is 10.5.